The quantitative estimate of drug-likeness (QED) is 0.474. The fourth-order valence-electron chi connectivity index (χ4n) is 0.960. The summed E-state index contributed by atoms with van der Waals surface area (Å²) in [7, 11) is 1.22. The van der Waals surface area contributed by atoms with Crippen molar-refractivity contribution in [1.82, 2.24) is 4.98 Å². The molecule has 15 heavy (non-hydrogen) atoms. The van der Waals surface area contributed by atoms with E-state index in [0.717, 1.165) is 0 Å². The van der Waals surface area contributed by atoms with Crippen LogP contribution in [0.3, 0.4) is 0 Å². The van der Waals surface area contributed by atoms with Crippen molar-refractivity contribution in [3.05, 3.63) is 32.5 Å². The van der Waals surface area contributed by atoms with E-state index in [-0.39, 0.29) is 17.8 Å². The molecule has 0 radical (unpaired) electrons. The Morgan fingerprint density at radius 1 is 1.73 bits per heavy atom. The van der Waals surface area contributed by atoms with Crippen molar-refractivity contribution < 1.29 is 14.5 Å². The first-order valence-corrected chi connectivity index (χ1v) is 4.69. The second-order valence-corrected chi connectivity index (χ2v) is 3.55. The van der Waals surface area contributed by atoms with Crippen LogP contribution in [-0.2, 0) is 16.0 Å². The summed E-state index contributed by atoms with van der Waals surface area (Å²) in [4.78, 5) is 24.8. The highest BCUT2D eigenvalue weighted by molar-refractivity contribution is 9.10. The molecule has 80 valence electrons. The lowest BCUT2D eigenvalue weighted by atomic mass is 10.2. The number of methoxy groups -OCH3 is 1. The summed E-state index contributed by atoms with van der Waals surface area (Å²) in [6, 6.07) is 1.30. The number of aromatic nitrogens is 1. The van der Waals surface area contributed by atoms with E-state index in [9.17, 15) is 14.9 Å². The molecule has 1 aromatic heterocycles. The highest BCUT2D eigenvalue weighted by atomic mass is 79.9. The van der Waals surface area contributed by atoms with Crippen LogP contribution in [0.15, 0.2) is 16.7 Å². The van der Waals surface area contributed by atoms with E-state index in [0.29, 0.717) is 4.47 Å². The minimum Gasteiger partial charge on any atom is -0.469 e. The summed E-state index contributed by atoms with van der Waals surface area (Å²) in [6.45, 7) is 0. The lowest BCUT2D eigenvalue weighted by Crippen LogP contribution is -2.08. The first kappa shape index (κ1) is 11.6. The first-order chi connectivity index (χ1) is 7.04. The number of ether oxygens (including phenoxy) is 1. The second kappa shape index (κ2) is 4.83. The van der Waals surface area contributed by atoms with E-state index in [2.05, 4.69) is 25.7 Å². The number of pyridine rings is 1. The molecular formula is C8H7BrN2O4. The molecule has 0 N–H and O–H groups in total. The predicted molar refractivity (Wildman–Crippen MR) is 54.3 cm³/mol. The molecule has 0 bridgehead atoms. The number of hydrogen-bond acceptors (Lipinski definition) is 5. The molecule has 0 aromatic carbocycles. The average Bonchev–Trinajstić information content (AvgIpc) is 2.20. The van der Waals surface area contributed by atoms with E-state index in [1.807, 2.05) is 0 Å². The van der Waals surface area contributed by atoms with Crippen molar-refractivity contribution in [2.45, 2.75) is 6.42 Å². The van der Waals surface area contributed by atoms with Crippen molar-refractivity contribution in [2.24, 2.45) is 0 Å². The van der Waals surface area contributed by atoms with Gasteiger partial charge >= 0.3 is 5.97 Å². The predicted octanol–water partition coefficient (Wildman–Crippen LogP) is 1.47. The van der Waals surface area contributed by atoms with E-state index in [1.54, 1.807) is 0 Å². The van der Waals surface area contributed by atoms with Crippen LogP contribution in [0.25, 0.3) is 0 Å². The van der Waals surface area contributed by atoms with Crippen LogP contribution in [0.5, 0.6) is 0 Å². The Morgan fingerprint density at radius 2 is 2.40 bits per heavy atom. The van der Waals surface area contributed by atoms with E-state index in [1.165, 1.54) is 19.4 Å². The van der Waals surface area contributed by atoms with Gasteiger partial charge in [-0.05, 0) is 15.9 Å². The number of esters is 1. The molecule has 1 heterocycles. The van der Waals surface area contributed by atoms with Crippen LogP contribution in [0.2, 0.25) is 0 Å². The van der Waals surface area contributed by atoms with E-state index < -0.39 is 10.9 Å². The minimum absolute atomic E-state index is 0.0926. The molecule has 0 amide bonds. The smallest absolute Gasteiger partial charge is 0.311 e. The molecule has 7 heteroatoms. The van der Waals surface area contributed by atoms with Crippen LogP contribution in [-0.4, -0.2) is 23.0 Å². The van der Waals surface area contributed by atoms with Gasteiger partial charge in [0.1, 0.15) is 5.69 Å². The molecule has 0 unspecified atom stereocenters. The van der Waals surface area contributed by atoms with E-state index >= 15 is 0 Å². The van der Waals surface area contributed by atoms with E-state index in [4.69, 9.17) is 0 Å². The number of rotatable bonds is 3. The molecule has 0 aliphatic carbocycles. The Morgan fingerprint density at radius 3 is 2.93 bits per heavy atom. The second-order valence-electron chi connectivity index (χ2n) is 2.63. The number of hydrogen-bond donors (Lipinski definition) is 0. The van der Waals surface area contributed by atoms with Gasteiger partial charge in [-0.3, -0.25) is 19.9 Å². The lowest BCUT2D eigenvalue weighted by molar-refractivity contribution is -0.386. The van der Waals surface area contributed by atoms with Crippen LogP contribution < -0.4 is 0 Å². The maximum absolute atomic E-state index is 10.9. The summed E-state index contributed by atoms with van der Waals surface area (Å²) in [6.07, 6.45) is 1.19. The SMILES string of the molecule is COC(=O)Cc1ncc(Br)cc1[N+](=O)[O-]. The standard InChI is InChI=1S/C8H7BrN2O4/c1-15-8(12)3-6-7(11(13)14)2-5(9)4-10-6/h2,4H,3H2,1H3. The number of halogens is 1. The molecule has 0 atom stereocenters. The van der Waals surface area contributed by atoms with Gasteiger partial charge in [0.15, 0.2) is 0 Å². The van der Waals surface area contributed by atoms with Gasteiger partial charge in [-0.1, -0.05) is 0 Å². The Labute approximate surface area is 93.5 Å². The molecule has 0 saturated heterocycles. The number of carbonyl (C=O) groups is 1. The summed E-state index contributed by atoms with van der Waals surface area (Å²) < 4.78 is 4.89. The topological polar surface area (TPSA) is 82.3 Å². The summed E-state index contributed by atoms with van der Waals surface area (Å²) in [5.41, 5.74) is -0.107. The molecule has 0 aliphatic rings. The summed E-state index contributed by atoms with van der Waals surface area (Å²) in [5.74, 6) is -0.562. The highest BCUT2D eigenvalue weighted by Crippen LogP contribution is 2.21. The molecule has 6 nitrogen and oxygen atoms in total. The number of carbonyl (C=O) groups excluding carboxylic acids is 1. The normalized spacial score (nSPS) is 9.73. The van der Waals surface area contributed by atoms with Gasteiger partial charge in [0.05, 0.1) is 18.5 Å². The largest absolute Gasteiger partial charge is 0.469 e. The summed E-state index contributed by atoms with van der Waals surface area (Å²) >= 11 is 3.06. The van der Waals surface area contributed by atoms with Crippen molar-refractivity contribution in [2.75, 3.05) is 7.11 Å². The third-order valence-electron chi connectivity index (χ3n) is 1.65. The molecule has 0 aliphatic heterocycles. The van der Waals surface area contributed by atoms with Gasteiger partial charge in [0, 0.05) is 16.7 Å². The van der Waals surface area contributed by atoms with Crippen molar-refractivity contribution in [3.63, 3.8) is 0 Å². The maximum Gasteiger partial charge on any atom is 0.311 e. The number of nitrogens with zero attached hydrogens (tertiary/aromatic N) is 2. The van der Waals surface area contributed by atoms with Gasteiger partial charge in [-0.25, -0.2) is 0 Å². The number of nitro groups is 1. The van der Waals surface area contributed by atoms with Crippen LogP contribution >= 0.6 is 15.9 Å². The minimum atomic E-state index is -0.587. The lowest BCUT2D eigenvalue weighted by Gasteiger charge is -2.01. The maximum atomic E-state index is 10.9. The van der Waals surface area contributed by atoms with Gasteiger partial charge < -0.3 is 4.74 Å². The van der Waals surface area contributed by atoms with Gasteiger partial charge in [-0.15, -0.1) is 0 Å². The molecule has 0 saturated carbocycles. The Hall–Kier alpha value is -1.50. The zero-order valence-corrected chi connectivity index (χ0v) is 9.35. The molecular weight excluding hydrogens is 268 g/mol. The zero-order valence-electron chi connectivity index (χ0n) is 7.77. The third-order valence-corrected chi connectivity index (χ3v) is 2.08. The van der Waals surface area contributed by atoms with Crippen LogP contribution in [0.1, 0.15) is 5.69 Å². The fraction of sp³-hybridized carbons (Fsp3) is 0.250. The fourth-order valence-corrected chi connectivity index (χ4v) is 1.28. The zero-order chi connectivity index (χ0) is 11.4. The Balaban J connectivity index is 3.06. The average molecular weight is 275 g/mol. The monoisotopic (exact) mass is 274 g/mol. The first-order valence-electron chi connectivity index (χ1n) is 3.90. The molecule has 0 spiro atoms. The summed E-state index contributed by atoms with van der Waals surface area (Å²) in [5, 5.41) is 10.6. The molecule has 1 aromatic rings. The van der Waals surface area contributed by atoms with Gasteiger partial charge in [-0.2, -0.15) is 0 Å². The Kier molecular flexibility index (Phi) is 3.73. The van der Waals surface area contributed by atoms with Gasteiger partial charge in [0.25, 0.3) is 5.69 Å². The van der Waals surface area contributed by atoms with Crippen molar-refractivity contribution in [1.29, 1.82) is 0 Å². The molecule has 1 rings (SSSR count). The molecule has 0 fully saturated rings. The van der Waals surface area contributed by atoms with Crippen molar-refractivity contribution in [3.8, 4) is 0 Å². The van der Waals surface area contributed by atoms with Crippen molar-refractivity contribution >= 4 is 27.6 Å². The Bertz CT molecular complexity index is 408. The highest BCUT2D eigenvalue weighted by Gasteiger charge is 2.18. The van der Waals surface area contributed by atoms with Crippen LogP contribution in [0, 0.1) is 10.1 Å². The van der Waals surface area contributed by atoms with Gasteiger partial charge in [0.2, 0.25) is 0 Å². The third kappa shape index (κ3) is 2.98. The van der Waals surface area contributed by atoms with Crippen LogP contribution in [0.4, 0.5) is 5.69 Å².